The van der Waals surface area contributed by atoms with Gasteiger partial charge in [-0.1, -0.05) is 38.1 Å². The minimum atomic E-state index is -3.49. The Balaban J connectivity index is 1.86. The van der Waals surface area contributed by atoms with Gasteiger partial charge in [-0.2, -0.15) is 0 Å². The lowest BCUT2D eigenvalue weighted by molar-refractivity contribution is -0.121. The average Bonchev–Trinajstić information content (AvgIpc) is 2.71. The molecule has 0 aromatic heterocycles. The van der Waals surface area contributed by atoms with Crippen molar-refractivity contribution in [3.63, 3.8) is 0 Å². The summed E-state index contributed by atoms with van der Waals surface area (Å²) in [5, 5.41) is 2.98. The number of hydrogen-bond donors (Lipinski definition) is 2. The molecule has 0 heterocycles. The van der Waals surface area contributed by atoms with Gasteiger partial charge in [-0.25, -0.2) is 13.1 Å². The quantitative estimate of drug-likeness (QED) is 0.619. The molecule has 158 valence electrons. The molecule has 0 bridgehead atoms. The number of aryl methyl sites for hydroxylation is 1. The van der Waals surface area contributed by atoms with Crippen LogP contribution in [-0.4, -0.2) is 28.0 Å². The highest BCUT2D eigenvalue weighted by Gasteiger charge is 2.14. The molecule has 2 aromatic rings. The van der Waals surface area contributed by atoms with E-state index in [1.807, 2.05) is 45.0 Å². The summed E-state index contributed by atoms with van der Waals surface area (Å²) in [5.74, 6) is 0.962. The van der Waals surface area contributed by atoms with Crippen molar-refractivity contribution in [1.29, 1.82) is 0 Å². The summed E-state index contributed by atoms with van der Waals surface area (Å²) < 4.78 is 32.2. The molecule has 0 radical (unpaired) electrons. The van der Waals surface area contributed by atoms with Crippen LogP contribution in [0.5, 0.6) is 5.75 Å². The molecule has 2 rings (SSSR count). The van der Waals surface area contributed by atoms with E-state index >= 15 is 0 Å². The number of benzene rings is 2. The Kier molecular flexibility index (Phi) is 8.22. The molecular weight excluding hydrogens is 388 g/mol. The Labute approximate surface area is 173 Å². The van der Waals surface area contributed by atoms with Crippen LogP contribution in [0.3, 0.4) is 0 Å². The second kappa shape index (κ2) is 10.4. The van der Waals surface area contributed by atoms with E-state index in [1.54, 1.807) is 31.4 Å². The molecule has 0 saturated carbocycles. The number of nitrogens with one attached hydrogen (secondary N) is 2. The van der Waals surface area contributed by atoms with Crippen LogP contribution in [0.25, 0.3) is 0 Å². The molecule has 0 aliphatic rings. The van der Waals surface area contributed by atoms with Gasteiger partial charge in [-0.05, 0) is 54.7 Å². The summed E-state index contributed by atoms with van der Waals surface area (Å²) >= 11 is 0. The zero-order valence-electron chi connectivity index (χ0n) is 17.4. The van der Waals surface area contributed by atoms with Crippen molar-refractivity contribution >= 4 is 15.9 Å². The van der Waals surface area contributed by atoms with Crippen LogP contribution in [0.15, 0.2) is 53.4 Å². The zero-order valence-corrected chi connectivity index (χ0v) is 18.3. The molecule has 1 amide bonds. The molecule has 7 heteroatoms. The fourth-order valence-electron chi connectivity index (χ4n) is 2.74. The van der Waals surface area contributed by atoms with E-state index in [0.717, 1.165) is 16.9 Å². The molecule has 1 unspecified atom stereocenters. The molecule has 1 atom stereocenters. The summed E-state index contributed by atoms with van der Waals surface area (Å²) in [4.78, 5) is 12.5. The van der Waals surface area contributed by atoms with E-state index in [2.05, 4.69) is 10.0 Å². The Hall–Kier alpha value is -2.38. The van der Waals surface area contributed by atoms with E-state index in [0.29, 0.717) is 19.4 Å². The van der Waals surface area contributed by atoms with Crippen LogP contribution in [0.1, 0.15) is 44.4 Å². The summed E-state index contributed by atoms with van der Waals surface area (Å²) in [6.07, 6.45) is 0.874. The predicted molar refractivity (Wildman–Crippen MR) is 114 cm³/mol. The van der Waals surface area contributed by atoms with Gasteiger partial charge in [-0.3, -0.25) is 4.79 Å². The molecule has 0 aliphatic carbocycles. The lowest BCUT2D eigenvalue weighted by Gasteiger charge is -2.15. The SMILES string of the molecule is COc1ccc(C(C)NC(=O)CCc2ccc(S(=O)(=O)NCC(C)C)cc2)cc1. The third kappa shape index (κ3) is 7.18. The highest BCUT2D eigenvalue weighted by Crippen LogP contribution is 2.18. The van der Waals surface area contributed by atoms with Crippen LogP contribution in [0.4, 0.5) is 0 Å². The highest BCUT2D eigenvalue weighted by molar-refractivity contribution is 7.89. The maximum atomic E-state index is 12.3. The van der Waals surface area contributed by atoms with Crippen LogP contribution < -0.4 is 14.8 Å². The summed E-state index contributed by atoms with van der Waals surface area (Å²) in [6, 6.07) is 14.1. The van der Waals surface area contributed by atoms with E-state index in [1.165, 1.54) is 0 Å². The second-order valence-electron chi connectivity index (χ2n) is 7.45. The van der Waals surface area contributed by atoms with Gasteiger partial charge in [-0.15, -0.1) is 0 Å². The number of ether oxygens (including phenoxy) is 1. The van der Waals surface area contributed by atoms with Crippen LogP contribution in [-0.2, 0) is 21.2 Å². The van der Waals surface area contributed by atoms with E-state index in [9.17, 15) is 13.2 Å². The first kappa shape index (κ1) is 22.9. The van der Waals surface area contributed by atoms with E-state index in [4.69, 9.17) is 4.74 Å². The third-order valence-corrected chi connectivity index (χ3v) is 5.99. The number of amides is 1. The maximum Gasteiger partial charge on any atom is 0.240 e. The standard InChI is InChI=1S/C22H30N2O4S/c1-16(2)15-23-29(26,27)21-12-5-18(6-13-21)7-14-22(25)24-17(3)19-8-10-20(28-4)11-9-19/h5-6,8-13,16-17,23H,7,14-15H2,1-4H3,(H,24,25). The molecule has 0 aliphatic heterocycles. The molecule has 2 aromatic carbocycles. The van der Waals surface area contributed by atoms with Crippen molar-refractivity contribution < 1.29 is 17.9 Å². The van der Waals surface area contributed by atoms with Crippen molar-refractivity contribution in [3.05, 3.63) is 59.7 Å². The first-order valence-corrected chi connectivity index (χ1v) is 11.2. The molecular formula is C22H30N2O4S. The van der Waals surface area contributed by atoms with Crippen LogP contribution in [0, 0.1) is 5.92 Å². The van der Waals surface area contributed by atoms with Crippen molar-refractivity contribution in [1.82, 2.24) is 10.0 Å². The number of carbonyl (C=O) groups excluding carboxylic acids is 1. The molecule has 0 saturated heterocycles. The van der Waals surface area contributed by atoms with Crippen molar-refractivity contribution in [2.24, 2.45) is 5.92 Å². The molecule has 6 nitrogen and oxygen atoms in total. The summed E-state index contributed by atoms with van der Waals surface area (Å²) in [5.41, 5.74) is 1.92. The summed E-state index contributed by atoms with van der Waals surface area (Å²) in [6.45, 7) is 6.23. The number of methoxy groups -OCH3 is 1. The number of rotatable bonds is 10. The zero-order chi connectivity index (χ0) is 21.4. The van der Waals surface area contributed by atoms with Crippen LogP contribution >= 0.6 is 0 Å². The molecule has 2 N–H and O–H groups in total. The first-order chi connectivity index (χ1) is 13.7. The Morgan fingerprint density at radius 3 is 2.17 bits per heavy atom. The molecule has 0 fully saturated rings. The lowest BCUT2D eigenvalue weighted by Crippen LogP contribution is -2.27. The van der Waals surface area contributed by atoms with Gasteiger partial charge in [0, 0.05) is 13.0 Å². The normalized spacial score (nSPS) is 12.6. The topological polar surface area (TPSA) is 84.5 Å². The molecule has 29 heavy (non-hydrogen) atoms. The Morgan fingerprint density at radius 2 is 1.62 bits per heavy atom. The minimum Gasteiger partial charge on any atom is -0.497 e. The van der Waals surface area contributed by atoms with Gasteiger partial charge in [0.1, 0.15) is 5.75 Å². The monoisotopic (exact) mass is 418 g/mol. The van der Waals surface area contributed by atoms with Crippen molar-refractivity contribution in [2.75, 3.05) is 13.7 Å². The maximum absolute atomic E-state index is 12.3. The van der Waals surface area contributed by atoms with Crippen molar-refractivity contribution in [3.8, 4) is 5.75 Å². The predicted octanol–water partition coefficient (Wildman–Crippen LogP) is 3.44. The van der Waals surface area contributed by atoms with E-state index in [-0.39, 0.29) is 22.8 Å². The first-order valence-electron chi connectivity index (χ1n) is 9.73. The summed E-state index contributed by atoms with van der Waals surface area (Å²) in [7, 11) is -1.88. The average molecular weight is 419 g/mol. The molecule has 0 spiro atoms. The minimum absolute atomic E-state index is 0.0522. The largest absolute Gasteiger partial charge is 0.497 e. The van der Waals surface area contributed by atoms with Gasteiger partial charge >= 0.3 is 0 Å². The lowest BCUT2D eigenvalue weighted by atomic mass is 10.1. The number of hydrogen-bond acceptors (Lipinski definition) is 4. The van der Waals surface area contributed by atoms with E-state index < -0.39 is 10.0 Å². The smallest absolute Gasteiger partial charge is 0.240 e. The fourth-order valence-corrected chi connectivity index (χ4v) is 3.96. The van der Waals surface area contributed by atoms with Gasteiger partial charge in [0.25, 0.3) is 0 Å². The van der Waals surface area contributed by atoms with Gasteiger partial charge in [0.05, 0.1) is 18.0 Å². The van der Waals surface area contributed by atoms with Gasteiger partial charge < -0.3 is 10.1 Å². The Morgan fingerprint density at radius 1 is 1.00 bits per heavy atom. The van der Waals surface area contributed by atoms with Crippen molar-refractivity contribution in [2.45, 2.75) is 44.6 Å². The van der Waals surface area contributed by atoms with Gasteiger partial charge in [0.15, 0.2) is 0 Å². The van der Waals surface area contributed by atoms with Crippen LogP contribution in [0.2, 0.25) is 0 Å². The Bertz CT molecular complexity index is 891. The highest BCUT2D eigenvalue weighted by atomic mass is 32.2. The number of carbonyl (C=O) groups is 1. The fraction of sp³-hybridized carbons (Fsp3) is 0.409. The number of sulfonamides is 1. The third-order valence-electron chi connectivity index (χ3n) is 4.55. The van der Waals surface area contributed by atoms with Gasteiger partial charge in [0.2, 0.25) is 15.9 Å². The second-order valence-corrected chi connectivity index (χ2v) is 9.22.